The van der Waals surface area contributed by atoms with Gasteiger partial charge >= 0.3 is 0 Å². The first-order valence-electron chi connectivity index (χ1n) is 20.9. The molecule has 0 aliphatic carbocycles. The average molecular weight is 745 g/mol. The number of hydrogen-bond donors (Lipinski definition) is 2. The zero-order chi connectivity index (χ0) is 39.1. The van der Waals surface area contributed by atoms with Gasteiger partial charge in [0, 0.05) is 33.3 Å². The summed E-state index contributed by atoms with van der Waals surface area (Å²) in [6.45, 7) is 19.3. The molecular formula is C50H56N4O2. The number of allylic oxidation sites excluding steroid dienone is 4. The molecule has 0 radical (unpaired) electrons. The van der Waals surface area contributed by atoms with Gasteiger partial charge in [-0.3, -0.25) is 0 Å². The fraction of sp³-hybridized carbons (Fsp3) is 0.360. The molecule has 2 N–H and O–H groups in total. The molecule has 0 amide bonds. The second-order valence-electron chi connectivity index (χ2n) is 15.5. The largest absolute Gasteiger partial charge is 0.493 e. The summed E-state index contributed by atoms with van der Waals surface area (Å²) in [4.78, 5) is 19.2. The van der Waals surface area contributed by atoms with Crippen LogP contribution in [0.25, 0.3) is 66.6 Å². The Balaban J connectivity index is 1.65. The molecule has 6 heteroatoms. The van der Waals surface area contributed by atoms with Crippen LogP contribution in [0.4, 0.5) is 0 Å². The maximum absolute atomic E-state index is 6.70. The van der Waals surface area contributed by atoms with Crippen LogP contribution in [0.1, 0.15) is 125 Å². The van der Waals surface area contributed by atoms with Crippen molar-refractivity contribution in [3.05, 3.63) is 106 Å². The van der Waals surface area contributed by atoms with Crippen LogP contribution in [0.5, 0.6) is 11.5 Å². The Kier molecular flexibility index (Phi) is 10.5. The summed E-state index contributed by atoms with van der Waals surface area (Å²) in [5, 5.41) is 0. The molecule has 9 rings (SSSR count). The van der Waals surface area contributed by atoms with Crippen molar-refractivity contribution in [3.8, 4) is 33.8 Å². The summed E-state index contributed by atoms with van der Waals surface area (Å²) in [6, 6.07) is 21.7. The van der Waals surface area contributed by atoms with Crippen molar-refractivity contribution in [3.63, 3.8) is 0 Å². The quantitative estimate of drug-likeness (QED) is 0.192. The molecule has 10 bridgehead atoms. The fourth-order valence-electron chi connectivity index (χ4n) is 9.36. The van der Waals surface area contributed by atoms with Crippen molar-refractivity contribution in [2.75, 3.05) is 13.2 Å². The minimum atomic E-state index is 0.653. The molecule has 0 unspecified atom stereocenters. The van der Waals surface area contributed by atoms with Gasteiger partial charge in [-0.05, 0) is 148 Å². The topological polar surface area (TPSA) is 75.8 Å². The van der Waals surface area contributed by atoms with Gasteiger partial charge in [0.25, 0.3) is 0 Å². The van der Waals surface area contributed by atoms with E-state index in [1.807, 2.05) is 0 Å². The summed E-state index contributed by atoms with van der Waals surface area (Å²) in [7, 11) is 0. The highest BCUT2D eigenvalue weighted by molar-refractivity contribution is 6.04. The van der Waals surface area contributed by atoms with Gasteiger partial charge in [-0.1, -0.05) is 64.1 Å². The number of benzene rings is 2. The lowest BCUT2D eigenvalue weighted by Crippen LogP contribution is -2.02. The molecule has 0 spiro atoms. The first-order chi connectivity index (χ1) is 27.3. The predicted octanol–water partition coefficient (Wildman–Crippen LogP) is 13.4. The zero-order valence-corrected chi connectivity index (χ0v) is 34.6. The highest BCUT2D eigenvalue weighted by atomic mass is 16.5. The van der Waals surface area contributed by atoms with Crippen LogP contribution in [0.2, 0.25) is 0 Å². The van der Waals surface area contributed by atoms with Crippen LogP contribution in [-0.4, -0.2) is 33.1 Å². The lowest BCUT2D eigenvalue weighted by molar-refractivity contribution is 0.288. The molecule has 0 atom stereocenters. The predicted molar refractivity (Wildman–Crippen MR) is 235 cm³/mol. The highest BCUT2D eigenvalue weighted by Gasteiger charge is 2.27. The highest BCUT2D eigenvalue weighted by Crippen LogP contribution is 2.46. The molecule has 0 fully saturated rings. The van der Waals surface area contributed by atoms with Gasteiger partial charge in [-0.15, -0.1) is 0 Å². The standard InChI is InChI=1S/C50H56N4O2/c1-9-33-29(5)47-45-37-21-15-17-23-43(37)55-25-19-13-14-20-26-56-44-24-18-16-22-38(44)46(49-30(6)34(10-2)40(52-49)27-39(33)51-47)50-32(8)36(12-4)42(54-50)28-41-35(11-3)31(7)48(45)53-41/h15-18,21-24,27-28,51,54H,9-14,19-20,25-26H2,1-8H3. The third-order valence-corrected chi connectivity index (χ3v) is 12.3. The van der Waals surface area contributed by atoms with Crippen LogP contribution in [-0.2, 0) is 12.8 Å². The fourth-order valence-corrected chi connectivity index (χ4v) is 9.36. The number of hydrogen-bond acceptors (Lipinski definition) is 4. The second-order valence-corrected chi connectivity index (χ2v) is 15.5. The van der Waals surface area contributed by atoms with Crippen molar-refractivity contribution < 1.29 is 9.47 Å². The van der Waals surface area contributed by atoms with Gasteiger partial charge in [0.15, 0.2) is 0 Å². The first kappa shape index (κ1) is 37.6. The van der Waals surface area contributed by atoms with Gasteiger partial charge in [0.05, 0.1) is 47.0 Å². The Morgan fingerprint density at radius 3 is 1.34 bits per heavy atom. The molecule has 56 heavy (non-hydrogen) atoms. The Morgan fingerprint density at radius 2 is 0.946 bits per heavy atom. The Morgan fingerprint density at radius 1 is 0.536 bits per heavy atom. The van der Waals surface area contributed by atoms with E-state index in [1.165, 1.54) is 44.5 Å². The number of H-pyrrole nitrogens is 2. The summed E-state index contributed by atoms with van der Waals surface area (Å²) >= 11 is 0. The van der Waals surface area contributed by atoms with Crippen molar-refractivity contribution in [1.82, 2.24) is 19.9 Å². The minimum Gasteiger partial charge on any atom is -0.493 e. The van der Waals surface area contributed by atoms with E-state index >= 15 is 0 Å². The third kappa shape index (κ3) is 6.37. The maximum atomic E-state index is 6.70. The molecule has 3 aromatic heterocycles. The number of rotatable bonds is 4. The number of para-hydroxylation sites is 2. The van der Waals surface area contributed by atoms with E-state index < -0.39 is 0 Å². The van der Waals surface area contributed by atoms with Crippen molar-refractivity contribution in [2.45, 2.75) is 107 Å². The van der Waals surface area contributed by atoms with E-state index in [0.29, 0.717) is 13.2 Å². The SMILES string of the molecule is CCC1=C(C)c2nc1cc1[nH]c(c(C)c1CC)c1c3nc(cc4[nH]c(c(C)c4CC)c2-c2ccccc2OCCCCCCOc2ccccc2-1)C(CC)=C3C. The van der Waals surface area contributed by atoms with Crippen LogP contribution in [0.3, 0.4) is 0 Å². The van der Waals surface area contributed by atoms with Crippen LogP contribution >= 0.6 is 0 Å². The Bertz CT molecular complexity index is 2400. The molecule has 0 saturated heterocycles. The van der Waals surface area contributed by atoms with E-state index in [2.05, 4.69) is 126 Å². The Labute approximate surface area is 332 Å². The number of nitrogens with one attached hydrogen (secondary N) is 2. The number of ether oxygens (including phenoxy) is 2. The van der Waals surface area contributed by atoms with E-state index in [1.54, 1.807) is 0 Å². The number of aryl methyl sites for hydroxylation is 4. The summed E-state index contributed by atoms with van der Waals surface area (Å²) < 4.78 is 13.4. The van der Waals surface area contributed by atoms with E-state index in [0.717, 1.165) is 130 Å². The monoisotopic (exact) mass is 744 g/mol. The normalized spacial score (nSPS) is 14.8. The summed E-state index contributed by atoms with van der Waals surface area (Å²) in [5.74, 6) is 1.77. The van der Waals surface area contributed by atoms with Crippen molar-refractivity contribution in [2.24, 2.45) is 0 Å². The van der Waals surface area contributed by atoms with E-state index in [-0.39, 0.29) is 0 Å². The van der Waals surface area contributed by atoms with Crippen molar-refractivity contribution >= 4 is 44.4 Å². The van der Waals surface area contributed by atoms with Gasteiger partial charge in [0.1, 0.15) is 11.5 Å². The van der Waals surface area contributed by atoms with Crippen molar-refractivity contribution in [1.29, 1.82) is 0 Å². The minimum absolute atomic E-state index is 0.653. The molecule has 0 saturated carbocycles. The van der Waals surface area contributed by atoms with Gasteiger partial charge < -0.3 is 19.4 Å². The van der Waals surface area contributed by atoms with Gasteiger partial charge in [-0.25, -0.2) is 9.97 Å². The van der Waals surface area contributed by atoms with Crippen LogP contribution in [0, 0.1) is 13.8 Å². The molecular weight excluding hydrogens is 689 g/mol. The lowest BCUT2D eigenvalue weighted by Gasteiger charge is -2.15. The number of aromatic amines is 2. The number of fused-ring (bicyclic) bond motifs is 7. The molecule has 7 heterocycles. The number of nitrogens with zero attached hydrogens (tertiary/aromatic N) is 2. The van der Waals surface area contributed by atoms with E-state index in [4.69, 9.17) is 19.4 Å². The van der Waals surface area contributed by atoms with Crippen LogP contribution < -0.4 is 9.47 Å². The molecule has 4 aliphatic rings. The maximum Gasteiger partial charge on any atom is 0.127 e. The van der Waals surface area contributed by atoms with Gasteiger partial charge in [-0.2, -0.15) is 0 Å². The molecule has 6 nitrogen and oxygen atoms in total. The smallest absolute Gasteiger partial charge is 0.127 e. The van der Waals surface area contributed by atoms with Gasteiger partial charge in [0.2, 0.25) is 0 Å². The molecule has 2 aromatic carbocycles. The van der Waals surface area contributed by atoms with Crippen LogP contribution in [0.15, 0.2) is 60.7 Å². The summed E-state index contributed by atoms with van der Waals surface area (Å²) in [6.07, 6.45) is 7.59. The summed E-state index contributed by atoms with van der Waals surface area (Å²) in [5.41, 5.74) is 22.7. The average Bonchev–Trinajstić information content (AvgIpc) is 3.89. The molecule has 5 aromatic rings. The molecule has 288 valence electrons. The zero-order valence-electron chi connectivity index (χ0n) is 34.6. The third-order valence-electron chi connectivity index (χ3n) is 12.3. The first-order valence-corrected chi connectivity index (χ1v) is 20.9. The second kappa shape index (κ2) is 15.6. The Hall–Kier alpha value is -5.36. The lowest BCUT2D eigenvalue weighted by atomic mass is 9.94. The molecule has 4 aliphatic heterocycles. The van der Waals surface area contributed by atoms with E-state index in [9.17, 15) is 0 Å². The number of aromatic nitrogens is 4.